The summed E-state index contributed by atoms with van der Waals surface area (Å²) in [5.74, 6) is -0.672. The van der Waals surface area contributed by atoms with E-state index in [1.807, 2.05) is 0 Å². The Morgan fingerprint density at radius 3 is 2.63 bits per heavy atom. The molecule has 180 valence electrons. The van der Waals surface area contributed by atoms with Gasteiger partial charge in [0.1, 0.15) is 22.8 Å². The molecule has 0 spiro atoms. The Labute approximate surface area is 205 Å². The summed E-state index contributed by atoms with van der Waals surface area (Å²) < 4.78 is 39.1. The highest BCUT2D eigenvalue weighted by molar-refractivity contribution is 7.11. The van der Waals surface area contributed by atoms with Crippen LogP contribution in [0.25, 0.3) is 11.3 Å². The number of alkyl halides is 3. The van der Waals surface area contributed by atoms with Crippen LogP contribution in [-0.2, 0) is 12.7 Å². The third kappa shape index (κ3) is 6.07. The molecule has 0 saturated carbocycles. The number of halogens is 4. The molecule has 9 nitrogen and oxygen atoms in total. The molecule has 3 N–H and O–H groups in total. The van der Waals surface area contributed by atoms with Crippen LogP contribution in [0, 0.1) is 0 Å². The summed E-state index contributed by atoms with van der Waals surface area (Å²) in [6.45, 7) is 0.0439. The highest BCUT2D eigenvalue weighted by Gasteiger charge is 2.34. The minimum Gasteiger partial charge on any atom is -0.369 e. The molecule has 0 aliphatic carbocycles. The van der Waals surface area contributed by atoms with Crippen molar-refractivity contribution >= 4 is 34.7 Å². The predicted octanol–water partition coefficient (Wildman–Crippen LogP) is 4.10. The molecule has 0 saturated heterocycles. The number of thiazole rings is 1. The van der Waals surface area contributed by atoms with Crippen LogP contribution in [-0.4, -0.2) is 35.9 Å². The zero-order chi connectivity index (χ0) is 25.0. The third-order valence-corrected chi connectivity index (χ3v) is 5.91. The highest BCUT2D eigenvalue weighted by atomic mass is 35.5. The summed E-state index contributed by atoms with van der Waals surface area (Å²) in [6.07, 6.45) is 0.647. The Bertz CT molecular complexity index is 1340. The maximum Gasteiger partial charge on any atom is 0.418 e. The number of aromatic nitrogens is 5. The van der Waals surface area contributed by atoms with E-state index in [0.717, 1.165) is 23.1 Å². The summed E-state index contributed by atoms with van der Waals surface area (Å²) in [4.78, 5) is 32.8. The Balaban J connectivity index is 1.38. The summed E-state index contributed by atoms with van der Waals surface area (Å²) in [5, 5.41) is 15.4. The van der Waals surface area contributed by atoms with Crippen LogP contribution in [0.5, 0.6) is 0 Å². The Hall–Kier alpha value is -3.68. The fraction of sp³-hybridized carbons (Fsp3) is 0.143. The van der Waals surface area contributed by atoms with Crippen LogP contribution in [0.2, 0.25) is 5.02 Å². The van der Waals surface area contributed by atoms with E-state index in [1.165, 1.54) is 12.5 Å². The van der Waals surface area contributed by atoms with E-state index in [2.05, 4.69) is 35.6 Å². The van der Waals surface area contributed by atoms with E-state index >= 15 is 0 Å². The van der Waals surface area contributed by atoms with E-state index in [9.17, 15) is 23.1 Å². The molecule has 0 aliphatic rings. The molecule has 0 radical (unpaired) electrons. The van der Waals surface area contributed by atoms with Crippen molar-refractivity contribution in [1.82, 2.24) is 30.2 Å². The van der Waals surface area contributed by atoms with Gasteiger partial charge in [-0.3, -0.25) is 9.78 Å². The van der Waals surface area contributed by atoms with Crippen LogP contribution < -0.4 is 10.6 Å². The second kappa shape index (κ2) is 10.3. The van der Waals surface area contributed by atoms with Gasteiger partial charge in [-0.25, -0.2) is 19.9 Å². The largest absolute Gasteiger partial charge is 0.418 e. The molecule has 4 rings (SSSR count). The van der Waals surface area contributed by atoms with Crippen LogP contribution in [0.1, 0.15) is 32.2 Å². The number of carbonyl (C=O) groups is 1. The maximum atomic E-state index is 13.0. The topological polar surface area (TPSA) is 126 Å². The number of aliphatic hydroxyl groups is 1. The first kappa shape index (κ1) is 24.4. The summed E-state index contributed by atoms with van der Waals surface area (Å²) >= 11 is 6.61. The first-order valence-corrected chi connectivity index (χ1v) is 11.0. The van der Waals surface area contributed by atoms with Crippen molar-refractivity contribution in [3.8, 4) is 11.3 Å². The smallest absolute Gasteiger partial charge is 0.369 e. The predicted molar refractivity (Wildman–Crippen MR) is 121 cm³/mol. The number of rotatable bonds is 7. The molecule has 14 heteroatoms. The number of amides is 1. The molecule has 1 unspecified atom stereocenters. The fourth-order valence-electron chi connectivity index (χ4n) is 2.89. The van der Waals surface area contributed by atoms with E-state index in [0.29, 0.717) is 21.6 Å². The number of aliphatic hydroxyl groups excluding tert-OH is 1. The van der Waals surface area contributed by atoms with Crippen LogP contribution in [0.15, 0.2) is 55.4 Å². The number of hydrogen-bond acceptors (Lipinski definition) is 9. The fourth-order valence-corrected chi connectivity index (χ4v) is 3.90. The average Bonchev–Trinajstić information content (AvgIpc) is 3.33. The minimum atomic E-state index is -4.67. The second-order valence-corrected chi connectivity index (χ2v) is 8.51. The molecular weight excluding hydrogens is 507 g/mol. The van der Waals surface area contributed by atoms with E-state index < -0.39 is 28.9 Å². The summed E-state index contributed by atoms with van der Waals surface area (Å²) in [5.41, 5.74) is 0.413. The number of hydrogen-bond donors (Lipinski definition) is 3. The quantitative estimate of drug-likeness (QED) is 0.310. The van der Waals surface area contributed by atoms with Crippen molar-refractivity contribution in [1.29, 1.82) is 0 Å². The molecular formula is C21H15ClF3N7O2S. The molecule has 0 bridgehead atoms. The molecule has 4 aromatic rings. The Morgan fingerprint density at radius 1 is 1.11 bits per heavy atom. The van der Waals surface area contributed by atoms with E-state index in [4.69, 9.17) is 11.6 Å². The monoisotopic (exact) mass is 521 g/mol. The van der Waals surface area contributed by atoms with Crippen molar-refractivity contribution in [3.05, 3.63) is 81.5 Å². The van der Waals surface area contributed by atoms with Gasteiger partial charge in [0.2, 0.25) is 0 Å². The second-order valence-electron chi connectivity index (χ2n) is 6.96. The molecule has 1 atom stereocenters. The SMILES string of the molecule is O=C(NCc1ncc(C(O)Nc2cc(C(F)(F)F)c(Cl)cn2)s1)c1cc(-c2ccncc2)ncn1. The van der Waals surface area contributed by atoms with Gasteiger partial charge in [-0.05, 0) is 24.3 Å². The number of nitrogens with one attached hydrogen (secondary N) is 2. The van der Waals surface area contributed by atoms with Crippen molar-refractivity contribution in [2.75, 3.05) is 5.32 Å². The van der Waals surface area contributed by atoms with E-state index in [-0.39, 0.29) is 18.1 Å². The van der Waals surface area contributed by atoms with Gasteiger partial charge in [-0.15, -0.1) is 11.3 Å². The Kier molecular flexibility index (Phi) is 7.19. The Morgan fingerprint density at radius 2 is 1.89 bits per heavy atom. The van der Waals surface area contributed by atoms with Crippen LogP contribution >= 0.6 is 22.9 Å². The van der Waals surface area contributed by atoms with Gasteiger partial charge in [0.05, 0.1) is 27.7 Å². The minimum absolute atomic E-state index is 0.0439. The molecule has 0 fully saturated rings. The lowest BCUT2D eigenvalue weighted by atomic mass is 10.2. The molecule has 4 heterocycles. The lowest BCUT2D eigenvalue weighted by molar-refractivity contribution is -0.137. The normalized spacial score (nSPS) is 12.3. The average molecular weight is 522 g/mol. The molecule has 1 amide bonds. The number of nitrogens with zero attached hydrogens (tertiary/aromatic N) is 5. The zero-order valence-electron chi connectivity index (χ0n) is 17.5. The molecule has 0 aromatic carbocycles. The van der Waals surface area contributed by atoms with Crippen molar-refractivity contribution in [3.63, 3.8) is 0 Å². The van der Waals surface area contributed by atoms with Gasteiger partial charge in [0.25, 0.3) is 5.91 Å². The van der Waals surface area contributed by atoms with Gasteiger partial charge in [0, 0.05) is 30.4 Å². The van der Waals surface area contributed by atoms with Crippen LogP contribution in [0.3, 0.4) is 0 Å². The van der Waals surface area contributed by atoms with Crippen molar-refractivity contribution < 1.29 is 23.1 Å². The van der Waals surface area contributed by atoms with E-state index in [1.54, 1.807) is 30.6 Å². The highest BCUT2D eigenvalue weighted by Crippen LogP contribution is 2.36. The number of pyridine rings is 2. The van der Waals surface area contributed by atoms with Gasteiger partial charge in [-0.1, -0.05) is 11.6 Å². The number of anilines is 1. The van der Waals surface area contributed by atoms with Gasteiger partial charge in [0.15, 0.2) is 6.23 Å². The summed E-state index contributed by atoms with van der Waals surface area (Å²) in [7, 11) is 0. The lowest BCUT2D eigenvalue weighted by Crippen LogP contribution is -2.23. The van der Waals surface area contributed by atoms with Gasteiger partial charge in [-0.2, -0.15) is 13.2 Å². The first-order chi connectivity index (χ1) is 16.7. The molecule has 4 aromatic heterocycles. The first-order valence-electron chi connectivity index (χ1n) is 9.83. The lowest BCUT2D eigenvalue weighted by Gasteiger charge is -2.14. The number of carbonyl (C=O) groups excluding carboxylic acids is 1. The van der Waals surface area contributed by atoms with Gasteiger partial charge >= 0.3 is 6.18 Å². The van der Waals surface area contributed by atoms with Crippen molar-refractivity contribution in [2.45, 2.75) is 18.9 Å². The maximum absolute atomic E-state index is 13.0. The van der Waals surface area contributed by atoms with Crippen LogP contribution in [0.4, 0.5) is 19.0 Å². The zero-order valence-corrected chi connectivity index (χ0v) is 19.1. The van der Waals surface area contributed by atoms with Crippen molar-refractivity contribution in [2.24, 2.45) is 0 Å². The standard InChI is InChI=1S/C21H15ClF3N7O2S/c22-13-7-27-17(5-12(13)21(23,24)25)32-20(34)16-8-28-18(35-16)9-29-19(33)15-6-14(30-10-31-15)11-1-3-26-4-2-11/h1-8,10,20,34H,9H2,(H,27,32)(H,29,33). The van der Waals surface area contributed by atoms with Gasteiger partial charge < -0.3 is 15.7 Å². The molecule has 0 aliphatic heterocycles. The summed E-state index contributed by atoms with van der Waals surface area (Å²) in [6, 6.07) is 5.75. The molecule has 35 heavy (non-hydrogen) atoms. The third-order valence-electron chi connectivity index (χ3n) is 4.56.